The Morgan fingerprint density at radius 3 is 2.12 bits per heavy atom. The second-order valence-corrected chi connectivity index (χ2v) is 4.61. The summed E-state index contributed by atoms with van der Waals surface area (Å²) in [5.41, 5.74) is -1.87. The number of aliphatic hydroxyl groups is 1. The third kappa shape index (κ3) is 2.31. The molecule has 1 N–H and O–H groups in total. The van der Waals surface area contributed by atoms with Gasteiger partial charge >= 0.3 is 5.97 Å². The van der Waals surface area contributed by atoms with E-state index < -0.39 is 23.4 Å². The van der Waals surface area contributed by atoms with Crippen molar-refractivity contribution in [2.24, 2.45) is 11.8 Å². The van der Waals surface area contributed by atoms with Crippen molar-refractivity contribution in [3.05, 3.63) is 0 Å². The van der Waals surface area contributed by atoms with Crippen LogP contribution in [0.2, 0.25) is 0 Å². The van der Waals surface area contributed by atoms with Gasteiger partial charge in [0, 0.05) is 11.8 Å². The molecule has 0 bridgehead atoms. The molecule has 0 aromatic rings. The van der Waals surface area contributed by atoms with Crippen LogP contribution >= 0.6 is 0 Å². The maximum Gasteiger partial charge on any atom is 0.339 e. The Bertz CT molecular complexity index is 343. The molecule has 1 fully saturated rings. The number of likely N-dealkylation sites (tertiary alicyclic amines) is 1. The minimum Gasteiger partial charge on any atom is -0.467 e. The number of hydrogen-bond acceptors (Lipinski definition) is 5. The fourth-order valence-electron chi connectivity index (χ4n) is 1.78. The number of esters is 1. The molecule has 0 saturated carbocycles. The van der Waals surface area contributed by atoms with Crippen molar-refractivity contribution in [1.82, 2.24) is 4.90 Å². The summed E-state index contributed by atoms with van der Waals surface area (Å²) in [6.07, 6.45) is 0. The molecule has 0 aromatic carbocycles. The molecule has 0 aromatic heterocycles. The van der Waals surface area contributed by atoms with Crippen molar-refractivity contribution < 1.29 is 24.2 Å². The van der Waals surface area contributed by atoms with E-state index in [9.17, 15) is 19.5 Å². The average molecular weight is 243 g/mol. The second kappa shape index (κ2) is 4.44. The van der Waals surface area contributed by atoms with E-state index in [-0.39, 0.29) is 18.4 Å². The minimum atomic E-state index is -1.87. The molecule has 1 aliphatic rings. The van der Waals surface area contributed by atoms with Gasteiger partial charge in [0.05, 0.1) is 13.7 Å². The maximum atomic E-state index is 11.8. The van der Waals surface area contributed by atoms with Crippen molar-refractivity contribution in [2.75, 3.05) is 13.7 Å². The smallest absolute Gasteiger partial charge is 0.339 e. The lowest BCUT2D eigenvalue weighted by Crippen LogP contribution is -2.49. The number of imide groups is 1. The zero-order chi connectivity index (χ0) is 13.4. The fourth-order valence-corrected chi connectivity index (χ4v) is 1.78. The quantitative estimate of drug-likeness (QED) is 0.536. The van der Waals surface area contributed by atoms with Crippen LogP contribution in [0.4, 0.5) is 0 Å². The molecule has 1 heterocycles. The van der Waals surface area contributed by atoms with E-state index in [0.29, 0.717) is 0 Å². The van der Waals surface area contributed by atoms with Gasteiger partial charge in [0.1, 0.15) is 0 Å². The molecule has 0 spiro atoms. The molecule has 17 heavy (non-hydrogen) atoms. The van der Waals surface area contributed by atoms with Crippen LogP contribution in [0.15, 0.2) is 0 Å². The Kier molecular flexibility index (Phi) is 3.56. The molecule has 96 valence electrons. The molecule has 1 rings (SSSR count). The summed E-state index contributed by atoms with van der Waals surface area (Å²) in [6, 6.07) is 0. The highest BCUT2D eigenvalue weighted by molar-refractivity contribution is 6.05. The van der Waals surface area contributed by atoms with E-state index in [1.807, 2.05) is 0 Å². The Morgan fingerprint density at radius 1 is 1.35 bits per heavy atom. The van der Waals surface area contributed by atoms with Crippen LogP contribution < -0.4 is 0 Å². The van der Waals surface area contributed by atoms with Gasteiger partial charge in [-0.25, -0.2) is 4.79 Å². The van der Waals surface area contributed by atoms with Crippen molar-refractivity contribution in [3.8, 4) is 0 Å². The Hall–Kier alpha value is -1.43. The summed E-state index contributed by atoms with van der Waals surface area (Å²) in [5, 5.41) is 9.83. The fraction of sp³-hybridized carbons (Fsp3) is 0.727. The van der Waals surface area contributed by atoms with Gasteiger partial charge in [-0.1, -0.05) is 13.8 Å². The third-order valence-electron chi connectivity index (χ3n) is 3.15. The van der Waals surface area contributed by atoms with Crippen LogP contribution in [-0.2, 0) is 19.1 Å². The monoisotopic (exact) mass is 243 g/mol. The van der Waals surface area contributed by atoms with Gasteiger partial charge in [0.2, 0.25) is 11.8 Å². The van der Waals surface area contributed by atoms with E-state index in [1.54, 1.807) is 13.8 Å². The number of ether oxygens (including phenoxy) is 1. The molecule has 0 radical (unpaired) electrons. The molecule has 0 aliphatic carbocycles. The van der Waals surface area contributed by atoms with Crippen molar-refractivity contribution in [2.45, 2.75) is 26.4 Å². The highest BCUT2D eigenvalue weighted by atomic mass is 16.5. The largest absolute Gasteiger partial charge is 0.467 e. The van der Waals surface area contributed by atoms with Gasteiger partial charge in [-0.05, 0) is 6.92 Å². The molecule has 3 unspecified atom stereocenters. The van der Waals surface area contributed by atoms with Gasteiger partial charge in [0.25, 0.3) is 0 Å². The number of β-amino-alcohol motifs (C(OH)–C–C–N with tert-alkyl or cyclic N) is 1. The van der Waals surface area contributed by atoms with E-state index in [1.165, 1.54) is 6.92 Å². The molecule has 6 nitrogen and oxygen atoms in total. The molecule has 3 atom stereocenters. The zero-order valence-electron chi connectivity index (χ0n) is 10.4. The molecular formula is C11H17NO5. The van der Waals surface area contributed by atoms with E-state index >= 15 is 0 Å². The Balaban J connectivity index is 2.86. The van der Waals surface area contributed by atoms with Crippen LogP contribution in [0.1, 0.15) is 20.8 Å². The average Bonchev–Trinajstić information content (AvgIpc) is 2.45. The number of carbonyl (C=O) groups excluding carboxylic acids is 3. The molecule has 1 saturated heterocycles. The molecular weight excluding hydrogens is 226 g/mol. The topological polar surface area (TPSA) is 83.9 Å². The number of methoxy groups -OCH3 is 1. The van der Waals surface area contributed by atoms with Gasteiger partial charge in [-0.2, -0.15) is 0 Å². The lowest BCUT2D eigenvalue weighted by atomic mass is 10.00. The van der Waals surface area contributed by atoms with Crippen molar-refractivity contribution >= 4 is 17.8 Å². The van der Waals surface area contributed by atoms with E-state index in [4.69, 9.17) is 0 Å². The maximum absolute atomic E-state index is 11.8. The molecule has 1 aliphatic heterocycles. The first-order valence-electron chi connectivity index (χ1n) is 5.38. The number of rotatable bonds is 3. The van der Waals surface area contributed by atoms with Crippen molar-refractivity contribution in [1.29, 1.82) is 0 Å². The predicted octanol–water partition coefficient (Wildman–Crippen LogP) is -0.449. The number of amides is 2. The standard InChI is InChI=1S/C11H17NO5/c1-6-7(2)9(14)12(8(6)13)5-11(3,16)10(15)17-4/h6-7,16H,5H2,1-4H3. The summed E-state index contributed by atoms with van der Waals surface area (Å²) in [4.78, 5) is 35.7. The number of nitrogens with zero attached hydrogens (tertiary/aromatic N) is 1. The first-order chi connectivity index (χ1) is 7.72. The zero-order valence-corrected chi connectivity index (χ0v) is 10.4. The summed E-state index contributed by atoms with van der Waals surface area (Å²) in [7, 11) is 1.13. The summed E-state index contributed by atoms with van der Waals surface area (Å²) < 4.78 is 4.41. The lowest BCUT2D eigenvalue weighted by Gasteiger charge is -2.25. The first kappa shape index (κ1) is 13.6. The van der Waals surface area contributed by atoms with Gasteiger partial charge in [0.15, 0.2) is 5.60 Å². The van der Waals surface area contributed by atoms with Gasteiger partial charge in [-0.3, -0.25) is 14.5 Å². The second-order valence-electron chi connectivity index (χ2n) is 4.61. The van der Waals surface area contributed by atoms with Crippen LogP contribution in [0.25, 0.3) is 0 Å². The summed E-state index contributed by atoms with van der Waals surface area (Å²) in [6.45, 7) is 4.15. The van der Waals surface area contributed by atoms with Gasteiger partial charge in [-0.15, -0.1) is 0 Å². The SMILES string of the molecule is COC(=O)C(C)(O)CN1C(=O)C(C)C(C)C1=O. The van der Waals surface area contributed by atoms with Crippen LogP contribution in [0.3, 0.4) is 0 Å². The Morgan fingerprint density at radius 2 is 1.76 bits per heavy atom. The summed E-state index contributed by atoms with van der Waals surface area (Å²) >= 11 is 0. The minimum absolute atomic E-state index is 0.369. The number of hydrogen-bond donors (Lipinski definition) is 1. The highest BCUT2D eigenvalue weighted by Crippen LogP contribution is 2.26. The third-order valence-corrected chi connectivity index (χ3v) is 3.15. The van der Waals surface area contributed by atoms with E-state index in [2.05, 4.69) is 4.74 Å². The molecule has 6 heteroatoms. The summed E-state index contributed by atoms with van der Waals surface area (Å²) in [5.74, 6) is -2.45. The van der Waals surface area contributed by atoms with Crippen molar-refractivity contribution in [3.63, 3.8) is 0 Å². The van der Waals surface area contributed by atoms with Crippen LogP contribution in [0, 0.1) is 11.8 Å². The van der Waals surface area contributed by atoms with Crippen LogP contribution in [0.5, 0.6) is 0 Å². The Labute approximate surface area is 99.5 Å². The number of carbonyl (C=O) groups is 3. The highest BCUT2D eigenvalue weighted by Gasteiger charge is 2.46. The van der Waals surface area contributed by atoms with Crippen LogP contribution in [-0.4, -0.2) is 47.0 Å². The normalized spacial score (nSPS) is 28.2. The van der Waals surface area contributed by atoms with Gasteiger partial charge < -0.3 is 9.84 Å². The predicted molar refractivity (Wildman–Crippen MR) is 57.7 cm³/mol. The first-order valence-corrected chi connectivity index (χ1v) is 5.38. The molecule has 2 amide bonds. The van der Waals surface area contributed by atoms with E-state index in [0.717, 1.165) is 12.0 Å². The lowest BCUT2D eigenvalue weighted by molar-refractivity contribution is -0.164.